The van der Waals surface area contributed by atoms with Crippen LogP contribution in [0.4, 0.5) is 31.2 Å². The molecular formula is C32H23ClN6O8S2. The Morgan fingerprint density at radius 2 is 1.12 bits per heavy atom. The number of nitrogens with one attached hydrogen (secondary N) is 1. The molecule has 6 rings (SSSR count). The lowest BCUT2D eigenvalue weighted by Gasteiger charge is -2.03. The summed E-state index contributed by atoms with van der Waals surface area (Å²) in [5.74, 6) is 0.378. The van der Waals surface area contributed by atoms with Gasteiger partial charge in [0, 0.05) is 48.3 Å². The number of hydrogen-bond acceptors (Lipinski definition) is 13. The van der Waals surface area contributed by atoms with E-state index in [2.05, 4.69) is 20.0 Å². The normalized spacial score (nSPS) is 9.90. The number of nitrogens with zero attached hydrogens (tertiary/aromatic N) is 4. The SMILES string of the molecule is Nc1ncc(-c2ccccc2)s1.O=C(Cl)Oc1ccc([N+](=O)[O-])cc1.O=C(Nc1ncc(-c2ccccc2)s1)Oc1ccc([N+](=O)[O-])cc1. The van der Waals surface area contributed by atoms with Crippen LogP contribution in [0.2, 0.25) is 0 Å². The van der Waals surface area contributed by atoms with Gasteiger partial charge in [-0.2, -0.15) is 0 Å². The molecule has 0 aliphatic carbocycles. The van der Waals surface area contributed by atoms with Crippen LogP contribution in [-0.2, 0) is 0 Å². The molecule has 0 aliphatic rings. The van der Waals surface area contributed by atoms with E-state index in [1.165, 1.54) is 76.8 Å². The van der Waals surface area contributed by atoms with Gasteiger partial charge in [-0.15, -0.1) is 0 Å². The minimum atomic E-state index is -0.978. The van der Waals surface area contributed by atoms with E-state index in [0.29, 0.717) is 10.3 Å². The number of carbonyl (C=O) groups is 2. The minimum Gasteiger partial charge on any atom is -0.414 e. The van der Waals surface area contributed by atoms with Crippen LogP contribution >= 0.6 is 34.3 Å². The lowest BCUT2D eigenvalue weighted by molar-refractivity contribution is -0.385. The first kappa shape index (κ1) is 35.6. The molecule has 2 heterocycles. The maximum absolute atomic E-state index is 11.8. The summed E-state index contributed by atoms with van der Waals surface area (Å²) in [5, 5.41) is 24.3. The largest absolute Gasteiger partial charge is 0.418 e. The molecule has 1 amide bonds. The van der Waals surface area contributed by atoms with Gasteiger partial charge in [-0.3, -0.25) is 25.5 Å². The van der Waals surface area contributed by atoms with Crippen molar-refractivity contribution in [2.75, 3.05) is 11.1 Å². The molecule has 248 valence electrons. The maximum Gasteiger partial charge on any atom is 0.418 e. The fraction of sp³-hybridized carbons (Fsp3) is 0. The number of nitro benzene ring substituents is 2. The zero-order valence-corrected chi connectivity index (χ0v) is 27.3. The van der Waals surface area contributed by atoms with Crippen molar-refractivity contribution in [3.63, 3.8) is 0 Å². The second-order valence-electron chi connectivity index (χ2n) is 9.18. The molecule has 0 bridgehead atoms. The molecule has 0 unspecified atom stereocenters. The van der Waals surface area contributed by atoms with Crippen molar-refractivity contribution in [3.05, 3.63) is 142 Å². The van der Waals surface area contributed by atoms with Gasteiger partial charge < -0.3 is 15.2 Å². The minimum absolute atomic E-state index is 0.0739. The number of rotatable bonds is 7. The number of nitrogens with two attached hydrogens (primary N) is 1. The van der Waals surface area contributed by atoms with Gasteiger partial charge in [-0.05, 0) is 35.4 Å². The van der Waals surface area contributed by atoms with Crippen molar-refractivity contribution in [2.45, 2.75) is 0 Å². The van der Waals surface area contributed by atoms with Crippen molar-refractivity contribution in [3.8, 4) is 32.4 Å². The quantitative estimate of drug-likeness (QED) is 0.0905. The van der Waals surface area contributed by atoms with E-state index in [0.717, 1.165) is 15.3 Å². The van der Waals surface area contributed by atoms with Crippen LogP contribution in [0.1, 0.15) is 0 Å². The van der Waals surface area contributed by atoms with E-state index in [9.17, 15) is 29.8 Å². The lowest BCUT2D eigenvalue weighted by Crippen LogP contribution is -2.16. The van der Waals surface area contributed by atoms with Gasteiger partial charge in [0.05, 0.1) is 19.6 Å². The zero-order chi connectivity index (χ0) is 35.2. The summed E-state index contributed by atoms with van der Waals surface area (Å²) in [7, 11) is 0. The Bertz CT molecular complexity index is 2010. The van der Waals surface area contributed by atoms with Gasteiger partial charge in [0.25, 0.3) is 11.4 Å². The molecule has 2 aromatic heterocycles. The molecule has 6 aromatic rings. The second-order valence-corrected chi connectivity index (χ2v) is 11.6. The predicted molar refractivity (Wildman–Crippen MR) is 187 cm³/mol. The van der Waals surface area contributed by atoms with Crippen molar-refractivity contribution < 1.29 is 28.9 Å². The molecule has 17 heteroatoms. The third-order valence-corrected chi connectivity index (χ3v) is 7.77. The smallest absolute Gasteiger partial charge is 0.414 e. The number of anilines is 2. The number of amides is 1. The number of non-ortho nitro benzene ring substituents is 2. The van der Waals surface area contributed by atoms with Crippen LogP contribution < -0.4 is 20.5 Å². The summed E-state index contributed by atoms with van der Waals surface area (Å²) in [6, 6.07) is 30.0. The highest BCUT2D eigenvalue weighted by atomic mass is 35.5. The van der Waals surface area contributed by atoms with Crippen LogP contribution in [0.15, 0.2) is 122 Å². The summed E-state index contributed by atoms with van der Waals surface area (Å²) >= 11 is 7.75. The number of benzene rings is 4. The number of nitrogen functional groups attached to an aromatic ring is 1. The van der Waals surface area contributed by atoms with E-state index in [1.54, 1.807) is 12.4 Å². The predicted octanol–water partition coefficient (Wildman–Crippen LogP) is 9.05. The number of halogens is 1. The van der Waals surface area contributed by atoms with Gasteiger partial charge in [-0.25, -0.2) is 19.6 Å². The number of hydrogen-bond donors (Lipinski definition) is 2. The second kappa shape index (κ2) is 17.6. The van der Waals surface area contributed by atoms with Gasteiger partial charge in [-0.1, -0.05) is 83.3 Å². The fourth-order valence-corrected chi connectivity index (χ4v) is 5.26. The van der Waals surface area contributed by atoms with E-state index < -0.39 is 21.4 Å². The lowest BCUT2D eigenvalue weighted by atomic mass is 10.2. The number of nitro groups is 2. The van der Waals surface area contributed by atoms with Crippen LogP contribution in [-0.4, -0.2) is 31.3 Å². The van der Waals surface area contributed by atoms with Crippen LogP contribution in [0, 0.1) is 20.2 Å². The first-order chi connectivity index (χ1) is 23.6. The molecule has 3 N–H and O–H groups in total. The zero-order valence-electron chi connectivity index (χ0n) is 24.9. The van der Waals surface area contributed by atoms with E-state index in [1.807, 2.05) is 60.7 Å². The van der Waals surface area contributed by atoms with Crippen molar-refractivity contribution >= 4 is 67.4 Å². The summed E-state index contributed by atoms with van der Waals surface area (Å²) in [6.45, 7) is 0. The Hall–Kier alpha value is -6.23. The van der Waals surface area contributed by atoms with Gasteiger partial charge >= 0.3 is 11.5 Å². The molecule has 0 radical (unpaired) electrons. The summed E-state index contributed by atoms with van der Waals surface area (Å²) in [4.78, 5) is 51.9. The monoisotopic (exact) mass is 718 g/mol. The Morgan fingerprint density at radius 1 is 0.673 bits per heavy atom. The summed E-state index contributed by atoms with van der Waals surface area (Å²) in [5.41, 5.74) is 6.58. The number of ether oxygens (including phenoxy) is 2. The molecule has 4 aromatic carbocycles. The maximum atomic E-state index is 11.8. The fourth-order valence-electron chi connectivity index (χ4n) is 3.68. The summed E-state index contributed by atoms with van der Waals surface area (Å²) in [6.07, 6.45) is 2.76. The number of thiazole rings is 2. The van der Waals surface area contributed by atoms with E-state index in [4.69, 9.17) is 22.1 Å². The number of carbonyl (C=O) groups excluding carboxylic acids is 2. The molecular weight excluding hydrogens is 696 g/mol. The topological polar surface area (TPSA) is 203 Å². The molecule has 14 nitrogen and oxygen atoms in total. The van der Waals surface area contributed by atoms with Gasteiger partial charge in [0.1, 0.15) is 11.5 Å². The third kappa shape index (κ3) is 11.5. The van der Waals surface area contributed by atoms with Gasteiger partial charge in [0.2, 0.25) is 0 Å². The highest BCUT2D eigenvalue weighted by Crippen LogP contribution is 2.29. The third-order valence-electron chi connectivity index (χ3n) is 5.86. The molecule has 0 aliphatic heterocycles. The van der Waals surface area contributed by atoms with Crippen LogP contribution in [0.5, 0.6) is 11.5 Å². The average molecular weight is 719 g/mol. The standard InChI is InChI=1S/C16H11N3O4S.C9H8N2S.C7H4ClNO4/c20-16(23-13-8-6-12(7-9-13)19(21)22)18-15-17-10-14(24-15)11-4-2-1-3-5-11;10-9-11-6-8(12-9)7-4-2-1-3-5-7;8-7(10)13-6-3-1-5(2-4-6)9(11)12/h1-10H,(H,17,18,20);1-6H,(H2,10,11);1-4H. The summed E-state index contributed by atoms with van der Waals surface area (Å²) < 4.78 is 9.51. The highest BCUT2D eigenvalue weighted by Gasteiger charge is 2.11. The van der Waals surface area contributed by atoms with Crippen molar-refractivity contribution in [2.24, 2.45) is 0 Å². The molecule has 0 atom stereocenters. The molecule has 0 spiro atoms. The van der Waals surface area contributed by atoms with Gasteiger partial charge in [0.15, 0.2) is 10.3 Å². The first-order valence-corrected chi connectivity index (χ1v) is 15.7. The Labute approximate surface area is 290 Å². The molecule has 0 saturated heterocycles. The van der Waals surface area contributed by atoms with Crippen molar-refractivity contribution in [1.82, 2.24) is 9.97 Å². The van der Waals surface area contributed by atoms with Crippen LogP contribution in [0.3, 0.4) is 0 Å². The average Bonchev–Trinajstić information content (AvgIpc) is 3.75. The molecule has 49 heavy (non-hydrogen) atoms. The number of aromatic nitrogens is 2. The Kier molecular flexibility index (Phi) is 12.8. The van der Waals surface area contributed by atoms with E-state index >= 15 is 0 Å². The Balaban J connectivity index is 0.000000182. The molecule has 0 saturated carbocycles. The van der Waals surface area contributed by atoms with E-state index in [-0.39, 0.29) is 22.9 Å². The highest BCUT2D eigenvalue weighted by molar-refractivity contribution is 7.19. The first-order valence-electron chi connectivity index (χ1n) is 13.7. The Morgan fingerprint density at radius 3 is 1.55 bits per heavy atom. The van der Waals surface area contributed by atoms with Crippen LogP contribution in [0.25, 0.3) is 20.9 Å². The van der Waals surface area contributed by atoms with Crippen molar-refractivity contribution in [1.29, 1.82) is 0 Å². The molecule has 0 fully saturated rings.